The summed E-state index contributed by atoms with van der Waals surface area (Å²) in [7, 11) is 0. The van der Waals surface area contributed by atoms with Crippen LogP contribution < -0.4 is 11.1 Å². The largest absolute Gasteiger partial charge is 0.367 e. The van der Waals surface area contributed by atoms with Gasteiger partial charge in [0.05, 0.1) is 4.88 Å². The molecule has 1 aliphatic carbocycles. The van der Waals surface area contributed by atoms with Crippen LogP contribution in [0.25, 0.3) is 10.6 Å². The normalized spacial score (nSPS) is 16.0. The zero-order chi connectivity index (χ0) is 14.8. The number of nitrogens with zero attached hydrogens (tertiary/aromatic N) is 1. The summed E-state index contributed by atoms with van der Waals surface area (Å²) < 4.78 is 5.06. The second-order valence-corrected chi connectivity index (χ2v) is 6.43. The Kier molecular flexibility index (Phi) is 3.96. The molecule has 0 unspecified atom stereocenters. The molecule has 3 N–H and O–H groups in total. The van der Waals surface area contributed by atoms with Gasteiger partial charge in [0.25, 0.3) is 5.91 Å². The van der Waals surface area contributed by atoms with Gasteiger partial charge in [0.1, 0.15) is 11.3 Å². The van der Waals surface area contributed by atoms with Gasteiger partial charge in [0.2, 0.25) is 5.88 Å². The van der Waals surface area contributed by atoms with Gasteiger partial charge in [-0.15, -0.1) is 11.3 Å². The van der Waals surface area contributed by atoms with E-state index in [1.54, 1.807) is 0 Å². The minimum Gasteiger partial charge on any atom is -0.367 e. The predicted molar refractivity (Wildman–Crippen MR) is 83.3 cm³/mol. The number of rotatable bonds is 3. The molecule has 0 radical (unpaired) electrons. The Hall–Kier alpha value is -1.82. The first-order valence-corrected chi connectivity index (χ1v) is 8.15. The smallest absolute Gasteiger partial charge is 0.259 e. The Morgan fingerprint density at radius 1 is 1.43 bits per heavy atom. The number of nitrogen functional groups attached to an aromatic ring is 1. The van der Waals surface area contributed by atoms with Crippen LogP contribution in [0.3, 0.4) is 0 Å². The maximum Gasteiger partial charge on any atom is 0.259 e. The lowest BCUT2D eigenvalue weighted by Gasteiger charge is -2.22. The number of aromatic nitrogens is 1. The number of aryl methyl sites for hydroxylation is 1. The van der Waals surface area contributed by atoms with Crippen molar-refractivity contribution >= 4 is 23.1 Å². The van der Waals surface area contributed by atoms with Crippen molar-refractivity contribution in [3.63, 3.8) is 0 Å². The van der Waals surface area contributed by atoms with Gasteiger partial charge in [-0.2, -0.15) is 0 Å². The van der Waals surface area contributed by atoms with E-state index < -0.39 is 0 Å². The lowest BCUT2D eigenvalue weighted by atomic mass is 9.95. The highest BCUT2D eigenvalue weighted by atomic mass is 32.1. The average Bonchev–Trinajstić information content (AvgIpc) is 3.05. The van der Waals surface area contributed by atoms with Gasteiger partial charge in [0, 0.05) is 6.04 Å². The molecule has 112 valence electrons. The van der Waals surface area contributed by atoms with E-state index in [1.807, 2.05) is 18.4 Å². The molecule has 6 heteroatoms. The van der Waals surface area contributed by atoms with Gasteiger partial charge >= 0.3 is 0 Å². The first-order valence-electron chi connectivity index (χ1n) is 7.27. The highest BCUT2D eigenvalue weighted by Crippen LogP contribution is 2.33. The Bertz CT molecular complexity index is 641. The minimum atomic E-state index is -0.177. The van der Waals surface area contributed by atoms with Crippen molar-refractivity contribution in [2.45, 2.75) is 45.1 Å². The van der Waals surface area contributed by atoms with Crippen LogP contribution in [0.2, 0.25) is 0 Å². The molecule has 2 heterocycles. The van der Waals surface area contributed by atoms with E-state index in [-0.39, 0.29) is 17.8 Å². The number of amides is 1. The van der Waals surface area contributed by atoms with Crippen molar-refractivity contribution in [2.75, 3.05) is 5.73 Å². The summed E-state index contributed by atoms with van der Waals surface area (Å²) in [5.74, 6) is -0.0884. The van der Waals surface area contributed by atoms with E-state index >= 15 is 0 Å². The zero-order valence-corrected chi connectivity index (χ0v) is 12.8. The lowest BCUT2D eigenvalue weighted by molar-refractivity contribution is 0.0929. The van der Waals surface area contributed by atoms with Crippen LogP contribution >= 0.6 is 11.3 Å². The number of nitrogens with two attached hydrogens (primary N) is 1. The van der Waals surface area contributed by atoms with Crippen LogP contribution in [0, 0.1) is 6.92 Å². The molecular formula is C15H19N3O2S. The number of carbonyl (C=O) groups is 1. The van der Waals surface area contributed by atoms with Crippen molar-refractivity contribution < 1.29 is 9.32 Å². The van der Waals surface area contributed by atoms with Crippen molar-refractivity contribution in [3.8, 4) is 10.6 Å². The van der Waals surface area contributed by atoms with E-state index in [9.17, 15) is 4.79 Å². The molecular weight excluding hydrogens is 286 g/mol. The van der Waals surface area contributed by atoms with Crippen LogP contribution in [0.1, 0.15) is 48.0 Å². The predicted octanol–water partition coefficient (Wildman–Crippen LogP) is 3.36. The average molecular weight is 305 g/mol. The second-order valence-electron chi connectivity index (χ2n) is 5.51. The molecule has 0 atom stereocenters. The van der Waals surface area contributed by atoms with Crippen molar-refractivity contribution in [3.05, 3.63) is 22.6 Å². The van der Waals surface area contributed by atoms with Crippen LogP contribution in [-0.4, -0.2) is 17.1 Å². The second kappa shape index (κ2) is 5.89. The number of nitrogens with one attached hydrogen (secondary N) is 1. The third kappa shape index (κ3) is 2.81. The van der Waals surface area contributed by atoms with Crippen LogP contribution in [0.5, 0.6) is 0 Å². The molecule has 1 fully saturated rings. The highest BCUT2D eigenvalue weighted by Gasteiger charge is 2.26. The first-order chi connectivity index (χ1) is 10.2. The maximum atomic E-state index is 12.5. The number of hydrogen-bond donors (Lipinski definition) is 2. The topological polar surface area (TPSA) is 81.2 Å². The van der Waals surface area contributed by atoms with Gasteiger partial charge in [-0.1, -0.05) is 24.4 Å². The quantitative estimate of drug-likeness (QED) is 0.911. The molecule has 0 spiro atoms. The van der Waals surface area contributed by atoms with Gasteiger partial charge in [-0.25, -0.2) is 0 Å². The van der Waals surface area contributed by atoms with Gasteiger partial charge in [-0.3, -0.25) is 4.79 Å². The number of hydrogen-bond acceptors (Lipinski definition) is 5. The Balaban J connectivity index is 1.86. The molecule has 0 aliphatic heterocycles. The molecule has 0 saturated heterocycles. The SMILES string of the molecule is Cc1ccsc1-c1noc(N)c1C(=O)NC1CCCCC1. The van der Waals surface area contributed by atoms with Gasteiger partial charge in [0.15, 0.2) is 0 Å². The summed E-state index contributed by atoms with van der Waals surface area (Å²) >= 11 is 1.54. The van der Waals surface area contributed by atoms with Crippen LogP contribution in [0.15, 0.2) is 16.0 Å². The summed E-state index contributed by atoms with van der Waals surface area (Å²) in [6.45, 7) is 1.99. The molecule has 3 rings (SSSR count). The molecule has 21 heavy (non-hydrogen) atoms. The van der Waals surface area contributed by atoms with E-state index in [1.165, 1.54) is 30.6 Å². The van der Waals surface area contributed by atoms with E-state index in [2.05, 4.69) is 10.5 Å². The van der Waals surface area contributed by atoms with E-state index in [4.69, 9.17) is 10.3 Å². The molecule has 2 aromatic heterocycles. The Morgan fingerprint density at radius 3 is 2.86 bits per heavy atom. The van der Waals surface area contributed by atoms with E-state index in [0.717, 1.165) is 23.3 Å². The first kappa shape index (κ1) is 14.1. The minimum absolute atomic E-state index is 0.0890. The summed E-state index contributed by atoms with van der Waals surface area (Å²) in [6.07, 6.45) is 5.65. The summed E-state index contributed by atoms with van der Waals surface area (Å²) in [5, 5.41) is 9.02. The number of anilines is 1. The van der Waals surface area contributed by atoms with Gasteiger partial charge in [-0.05, 0) is 36.8 Å². The fourth-order valence-corrected chi connectivity index (χ4v) is 3.71. The number of carbonyl (C=O) groups excluding carboxylic acids is 1. The number of thiophene rings is 1. The molecule has 0 aromatic carbocycles. The standard InChI is InChI=1S/C15H19N3O2S/c1-9-7-8-21-13(9)12-11(14(16)20-18-12)15(19)17-10-5-3-2-4-6-10/h7-8,10H,2-6,16H2,1H3,(H,17,19). The van der Waals surface area contributed by atoms with Crippen molar-refractivity contribution in [2.24, 2.45) is 0 Å². The highest BCUT2D eigenvalue weighted by molar-refractivity contribution is 7.13. The molecule has 1 amide bonds. The molecule has 0 bridgehead atoms. The maximum absolute atomic E-state index is 12.5. The van der Waals surface area contributed by atoms with Crippen molar-refractivity contribution in [1.82, 2.24) is 10.5 Å². The van der Waals surface area contributed by atoms with Crippen LogP contribution in [0.4, 0.5) is 5.88 Å². The monoisotopic (exact) mass is 305 g/mol. The summed E-state index contributed by atoms with van der Waals surface area (Å²) in [5.41, 5.74) is 7.80. The Labute approximate surface area is 127 Å². The molecule has 1 aliphatic rings. The van der Waals surface area contributed by atoms with Gasteiger partial charge < -0.3 is 15.6 Å². The summed E-state index contributed by atoms with van der Waals surface area (Å²) in [4.78, 5) is 13.5. The van der Waals surface area contributed by atoms with Crippen molar-refractivity contribution in [1.29, 1.82) is 0 Å². The van der Waals surface area contributed by atoms with Crippen LogP contribution in [-0.2, 0) is 0 Å². The van der Waals surface area contributed by atoms with E-state index in [0.29, 0.717) is 11.3 Å². The fraction of sp³-hybridized carbons (Fsp3) is 0.467. The fourth-order valence-electron chi connectivity index (χ4n) is 2.80. The lowest BCUT2D eigenvalue weighted by Crippen LogP contribution is -2.36. The molecule has 1 saturated carbocycles. The third-order valence-corrected chi connectivity index (χ3v) is 4.99. The molecule has 2 aromatic rings. The summed E-state index contributed by atoms with van der Waals surface area (Å²) in [6, 6.07) is 2.23. The molecule has 5 nitrogen and oxygen atoms in total. The Morgan fingerprint density at radius 2 is 2.19 bits per heavy atom. The zero-order valence-electron chi connectivity index (χ0n) is 12.0. The third-order valence-electron chi connectivity index (χ3n) is 3.96.